The van der Waals surface area contributed by atoms with Gasteiger partial charge in [-0.1, -0.05) is 18.3 Å². The number of rotatable bonds is 7. The van der Waals surface area contributed by atoms with E-state index < -0.39 is 16.0 Å². The van der Waals surface area contributed by atoms with Crippen molar-refractivity contribution in [3.63, 3.8) is 0 Å². The van der Waals surface area contributed by atoms with E-state index in [1.807, 2.05) is 0 Å². The molecule has 0 saturated heterocycles. The summed E-state index contributed by atoms with van der Waals surface area (Å²) in [6.07, 6.45) is 0.336. The van der Waals surface area contributed by atoms with E-state index in [-0.39, 0.29) is 23.2 Å². The zero-order valence-corrected chi connectivity index (χ0v) is 19.7. The molecule has 9 nitrogen and oxygen atoms in total. The molecule has 1 amide bonds. The molecule has 0 aliphatic carbocycles. The van der Waals surface area contributed by atoms with Crippen LogP contribution in [0.4, 0.5) is 10.8 Å². The third kappa shape index (κ3) is 4.55. The summed E-state index contributed by atoms with van der Waals surface area (Å²) in [7, 11) is -3.93. The van der Waals surface area contributed by atoms with Gasteiger partial charge in [0.05, 0.1) is 27.4 Å². The number of ether oxygens (including phenoxy) is 1. The monoisotopic (exact) mass is 487 g/mol. The Kier molecular flexibility index (Phi) is 6.09. The summed E-state index contributed by atoms with van der Waals surface area (Å²) in [5.74, 6) is -0.694. The Hall–Kier alpha value is -3.44. The molecule has 0 unspecified atom stereocenters. The van der Waals surface area contributed by atoms with Crippen molar-refractivity contribution in [1.29, 1.82) is 0 Å². The number of sulfonamides is 1. The molecule has 4 aromatic rings. The lowest BCUT2D eigenvalue weighted by molar-refractivity contribution is -0.115. The molecular formula is C22H21N3O6S2. The van der Waals surface area contributed by atoms with E-state index in [9.17, 15) is 18.0 Å². The molecule has 0 aliphatic rings. The molecule has 0 aliphatic heterocycles. The van der Waals surface area contributed by atoms with Crippen molar-refractivity contribution >= 4 is 65.2 Å². The molecular weight excluding hydrogens is 466 g/mol. The number of thiazole rings is 1. The summed E-state index contributed by atoms with van der Waals surface area (Å²) >= 11 is 1.31. The zero-order chi connectivity index (χ0) is 23.8. The van der Waals surface area contributed by atoms with Gasteiger partial charge in [0.1, 0.15) is 5.58 Å². The molecule has 4 rings (SSSR count). The second-order valence-corrected chi connectivity index (χ2v) is 9.86. The number of carbonyl (C=O) groups excluding carboxylic acids is 2. The van der Waals surface area contributed by atoms with Gasteiger partial charge < -0.3 is 14.5 Å². The summed E-state index contributed by atoms with van der Waals surface area (Å²) < 4.78 is 39.9. The molecule has 0 saturated carbocycles. The van der Waals surface area contributed by atoms with Crippen LogP contribution in [-0.4, -0.2) is 31.9 Å². The van der Waals surface area contributed by atoms with Crippen molar-refractivity contribution < 1.29 is 27.2 Å². The fourth-order valence-corrected chi connectivity index (χ4v) is 5.16. The Bertz CT molecular complexity index is 1490. The summed E-state index contributed by atoms with van der Waals surface area (Å²) in [6.45, 7) is 5.31. The van der Waals surface area contributed by atoms with Crippen LogP contribution in [0, 0.1) is 6.92 Å². The number of esters is 1. The fourth-order valence-electron chi connectivity index (χ4n) is 3.22. The summed E-state index contributed by atoms with van der Waals surface area (Å²) in [4.78, 5) is 28.0. The van der Waals surface area contributed by atoms with E-state index in [4.69, 9.17) is 9.15 Å². The molecule has 172 valence electrons. The fraction of sp³-hybridized carbons (Fsp3) is 0.227. The number of nitrogens with one attached hydrogen (secondary N) is 2. The van der Waals surface area contributed by atoms with Crippen molar-refractivity contribution in [2.24, 2.45) is 0 Å². The Morgan fingerprint density at radius 1 is 1.15 bits per heavy atom. The van der Waals surface area contributed by atoms with E-state index in [0.29, 0.717) is 39.3 Å². The molecule has 2 heterocycles. The van der Waals surface area contributed by atoms with Gasteiger partial charge in [0.2, 0.25) is 11.7 Å². The van der Waals surface area contributed by atoms with Crippen molar-refractivity contribution in [3.8, 4) is 0 Å². The summed E-state index contributed by atoms with van der Waals surface area (Å²) in [6, 6.07) is 9.34. The van der Waals surface area contributed by atoms with E-state index in [0.717, 1.165) is 4.70 Å². The van der Waals surface area contributed by atoms with Gasteiger partial charge in [-0.3, -0.25) is 9.52 Å². The molecule has 2 aromatic heterocycles. The third-order valence-corrected chi connectivity index (χ3v) is 7.22. The number of aryl methyl sites for hydroxylation is 1. The average Bonchev–Trinajstić information content (AvgIpc) is 3.33. The number of hydrogen-bond acceptors (Lipinski definition) is 8. The minimum Gasteiger partial charge on any atom is -0.460 e. The number of anilines is 2. The van der Waals surface area contributed by atoms with Crippen LogP contribution in [0.15, 0.2) is 45.7 Å². The number of amides is 1. The van der Waals surface area contributed by atoms with Gasteiger partial charge >= 0.3 is 5.97 Å². The first-order valence-corrected chi connectivity index (χ1v) is 12.4. The number of carbonyl (C=O) groups is 2. The van der Waals surface area contributed by atoms with Crippen molar-refractivity contribution in [2.45, 2.75) is 32.1 Å². The molecule has 2 aromatic carbocycles. The molecule has 0 atom stereocenters. The first-order chi connectivity index (χ1) is 15.7. The Balaban J connectivity index is 1.62. The average molecular weight is 488 g/mol. The highest BCUT2D eigenvalue weighted by Crippen LogP contribution is 2.31. The second kappa shape index (κ2) is 8.83. The molecule has 11 heteroatoms. The van der Waals surface area contributed by atoms with E-state index in [1.54, 1.807) is 39.0 Å². The van der Waals surface area contributed by atoms with Crippen LogP contribution >= 0.6 is 11.3 Å². The van der Waals surface area contributed by atoms with Gasteiger partial charge in [-0.05, 0) is 50.2 Å². The molecule has 2 N–H and O–H groups in total. The van der Waals surface area contributed by atoms with Crippen LogP contribution < -0.4 is 10.0 Å². The van der Waals surface area contributed by atoms with E-state index in [2.05, 4.69) is 15.0 Å². The van der Waals surface area contributed by atoms with Gasteiger partial charge in [0.25, 0.3) is 10.0 Å². The normalized spacial score (nSPS) is 11.6. The number of furan rings is 1. The molecule has 0 spiro atoms. The Morgan fingerprint density at radius 2 is 1.94 bits per heavy atom. The van der Waals surface area contributed by atoms with Crippen LogP contribution in [0.1, 0.15) is 36.4 Å². The first kappa shape index (κ1) is 22.7. The molecule has 0 radical (unpaired) electrons. The Morgan fingerprint density at radius 3 is 2.67 bits per heavy atom. The number of nitrogens with zero attached hydrogens (tertiary/aromatic N) is 1. The predicted molar refractivity (Wildman–Crippen MR) is 126 cm³/mol. The highest BCUT2D eigenvalue weighted by Gasteiger charge is 2.22. The maximum Gasteiger partial charge on any atom is 0.374 e. The highest BCUT2D eigenvalue weighted by atomic mass is 32.2. The van der Waals surface area contributed by atoms with Gasteiger partial charge in [-0.2, -0.15) is 0 Å². The largest absolute Gasteiger partial charge is 0.460 e. The van der Waals surface area contributed by atoms with Crippen LogP contribution in [0.2, 0.25) is 0 Å². The lowest BCUT2D eigenvalue weighted by atomic mass is 10.1. The van der Waals surface area contributed by atoms with Gasteiger partial charge in [-0.15, -0.1) is 0 Å². The smallest absolute Gasteiger partial charge is 0.374 e. The van der Waals surface area contributed by atoms with Gasteiger partial charge in [0, 0.05) is 17.4 Å². The minimum absolute atomic E-state index is 0.0172. The number of hydrogen-bond donors (Lipinski definition) is 2. The van der Waals surface area contributed by atoms with E-state index in [1.165, 1.54) is 29.5 Å². The zero-order valence-electron chi connectivity index (χ0n) is 18.1. The lowest BCUT2D eigenvalue weighted by Crippen LogP contribution is -2.12. The minimum atomic E-state index is -3.93. The van der Waals surface area contributed by atoms with Crippen LogP contribution in [0.5, 0.6) is 0 Å². The molecule has 33 heavy (non-hydrogen) atoms. The maximum absolute atomic E-state index is 13.0. The van der Waals surface area contributed by atoms with Crippen molar-refractivity contribution in [2.75, 3.05) is 16.6 Å². The predicted octanol–water partition coefficient (Wildman–Crippen LogP) is 4.68. The van der Waals surface area contributed by atoms with E-state index >= 15 is 0 Å². The number of aromatic nitrogens is 1. The topological polar surface area (TPSA) is 128 Å². The SMILES string of the molecule is CCOC(=O)c1oc2ccc(S(=O)(=O)Nc3ccc4sc(NC(=O)CC)nc4c3)cc2c1C. The Labute approximate surface area is 193 Å². The molecule has 0 fully saturated rings. The quantitative estimate of drug-likeness (QED) is 0.362. The van der Waals surface area contributed by atoms with Crippen LogP contribution in [0.25, 0.3) is 21.2 Å². The standard InChI is InChI=1S/C22H21N3O6S2/c1-4-19(26)24-22-23-16-10-13(6-9-18(16)32-22)25-33(28,29)14-7-8-17-15(11-14)12(3)20(31-17)21(27)30-5-2/h6-11,25H,4-5H2,1-3H3,(H,23,24,26). The molecule has 0 bridgehead atoms. The second-order valence-electron chi connectivity index (χ2n) is 7.14. The first-order valence-electron chi connectivity index (χ1n) is 10.2. The third-order valence-electron chi connectivity index (χ3n) is 4.89. The maximum atomic E-state index is 13.0. The lowest BCUT2D eigenvalue weighted by Gasteiger charge is -2.08. The number of fused-ring (bicyclic) bond motifs is 2. The van der Waals surface area contributed by atoms with Crippen molar-refractivity contribution in [1.82, 2.24) is 4.98 Å². The van der Waals surface area contributed by atoms with Crippen molar-refractivity contribution in [3.05, 3.63) is 47.7 Å². The number of benzene rings is 2. The van der Waals surface area contributed by atoms with Crippen LogP contribution in [-0.2, 0) is 19.6 Å². The van der Waals surface area contributed by atoms with Gasteiger partial charge in [0.15, 0.2) is 5.13 Å². The summed E-state index contributed by atoms with van der Waals surface area (Å²) in [5, 5.41) is 3.66. The van der Waals surface area contributed by atoms with Crippen LogP contribution in [0.3, 0.4) is 0 Å². The highest BCUT2D eigenvalue weighted by molar-refractivity contribution is 7.92. The van der Waals surface area contributed by atoms with Gasteiger partial charge in [-0.25, -0.2) is 18.2 Å². The summed E-state index contributed by atoms with van der Waals surface area (Å²) in [5.41, 5.74) is 1.79.